The van der Waals surface area contributed by atoms with Crippen LogP contribution in [0.15, 0.2) is 219 Å². The smallest absolute Gasteiger partial charge is 0.230 e. The molecule has 2 saturated carbocycles. The zero-order valence-electron chi connectivity index (χ0n) is 58.8. The number of ether oxygens (including phenoxy) is 3. The highest BCUT2D eigenvalue weighted by molar-refractivity contribution is 8.02. The molecule has 19 nitrogen and oxygen atoms in total. The van der Waals surface area contributed by atoms with Crippen LogP contribution in [0, 0.1) is 13.8 Å². The van der Waals surface area contributed by atoms with Gasteiger partial charge in [-0.05, 0) is 145 Å². The summed E-state index contributed by atoms with van der Waals surface area (Å²) in [5, 5.41) is 43.4. The number of hydrogen-bond acceptors (Lipinski definition) is 18. The summed E-state index contributed by atoms with van der Waals surface area (Å²) in [4.78, 5) is 26.8. The lowest BCUT2D eigenvalue weighted by Crippen LogP contribution is -2.33. The summed E-state index contributed by atoms with van der Waals surface area (Å²) in [7, 11) is 0. The molecule has 3 atom stereocenters. The van der Waals surface area contributed by atoms with Crippen molar-refractivity contribution in [3.05, 3.63) is 268 Å². The summed E-state index contributed by atoms with van der Waals surface area (Å²) in [6.45, 7) is 10.7. The van der Waals surface area contributed by atoms with Gasteiger partial charge in [0.15, 0.2) is 38.1 Å². The summed E-state index contributed by atoms with van der Waals surface area (Å²) < 4.78 is 33.7. The van der Waals surface area contributed by atoms with Crippen molar-refractivity contribution in [3.63, 3.8) is 0 Å². The number of hydrogen-bond donors (Lipinski definition) is 1. The molecule has 12 aromatic rings. The molecule has 1 amide bonds. The van der Waals surface area contributed by atoms with E-state index in [1.165, 1.54) is 29.1 Å². The summed E-state index contributed by atoms with van der Waals surface area (Å²) in [6, 6.07) is 64.2. The summed E-state index contributed by atoms with van der Waals surface area (Å²) in [6.07, 6.45) is 8.79. The van der Waals surface area contributed by atoms with E-state index >= 15 is 0 Å². The molecule has 5 aromatic heterocycles. The number of Topliss-reactive ketones (excluding diaryl/α,β-unsaturated/α-hetero) is 1. The van der Waals surface area contributed by atoms with E-state index in [-0.39, 0.29) is 60.5 Å². The number of nitrogens with zero attached hydrogens (tertiary/aromatic N) is 12. The summed E-state index contributed by atoms with van der Waals surface area (Å²) in [5.74, 6) is 7.89. The molecule has 23 heteroatoms. The number of rotatable bonds is 33. The summed E-state index contributed by atoms with van der Waals surface area (Å²) >= 11 is 6.21. The standard InChI is InChI=1S/C81H83N13O6S4/c1-5-57-30-34-66(35-31-57)98-52-75-86-90-81(94(75)56(4)61-24-13-8-14-25-61)104-77-68(36-37-69(77)95)64-33-39-71(55(3)44-64)100-51-74-85-88-79(92(74)48-59-21-11-7-12-22-59)102-42-41-101-78-87-84-73(91(78)47-58-19-9-6-10-20-58)50-99-70-38-32-63(43-54(70)2)62-26-17-23-60(45-62)46-72-83-89-80(93(72)49-67-29-18-40-97-67)103-53-76(96)82-65-27-15-16-28-65/h6-14,17-26,29-35,38-40,43-45,56,65,68,77H,5,15-16,27-28,36-37,41-42,46-53H2,1-4H3,(H,82,96). The largest absolute Gasteiger partial charge is 0.486 e. The molecule has 104 heavy (non-hydrogen) atoms. The Bertz CT molecular complexity index is 4830. The second kappa shape index (κ2) is 34.3. The van der Waals surface area contributed by atoms with Crippen molar-refractivity contribution in [1.82, 2.24) is 64.4 Å². The first kappa shape index (κ1) is 71.3. The minimum absolute atomic E-state index is 0.0213. The van der Waals surface area contributed by atoms with Gasteiger partial charge in [-0.15, -0.1) is 40.8 Å². The number of amides is 1. The molecule has 0 bridgehead atoms. The van der Waals surface area contributed by atoms with Crippen LogP contribution >= 0.6 is 47.0 Å². The van der Waals surface area contributed by atoms with Gasteiger partial charge in [-0.1, -0.05) is 212 Å². The fourth-order valence-corrected chi connectivity index (χ4v) is 17.5. The van der Waals surface area contributed by atoms with Crippen LogP contribution in [-0.2, 0) is 61.9 Å². The van der Waals surface area contributed by atoms with Gasteiger partial charge >= 0.3 is 0 Å². The maximum atomic E-state index is 13.9. The Balaban J connectivity index is 0.611. The molecule has 1 N–H and O–H groups in total. The van der Waals surface area contributed by atoms with Crippen LogP contribution in [-0.4, -0.2) is 99.3 Å². The maximum Gasteiger partial charge on any atom is 0.230 e. The van der Waals surface area contributed by atoms with Crippen molar-refractivity contribution in [3.8, 4) is 28.4 Å². The minimum atomic E-state index is -0.347. The van der Waals surface area contributed by atoms with Crippen molar-refractivity contribution in [2.24, 2.45) is 0 Å². The Hall–Kier alpha value is -9.68. The molecule has 0 radical (unpaired) electrons. The zero-order valence-corrected chi connectivity index (χ0v) is 62.0. The average molecular weight is 1460 g/mol. The Morgan fingerprint density at radius 2 is 1.12 bits per heavy atom. The van der Waals surface area contributed by atoms with Crippen molar-refractivity contribution in [1.29, 1.82) is 0 Å². The Morgan fingerprint density at radius 1 is 0.548 bits per heavy atom. The van der Waals surface area contributed by atoms with Gasteiger partial charge in [0, 0.05) is 36.3 Å². The Labute approximate surface area is 623 Å². The van der Waals surface area contributed by atoms with E-state index in [2.05, 4.69) is 176 Å². The monoisotopic (exact) mass is 1460 g/mol. The second-order valence-electron chi connectivity index (χ2n) is 26.3. The molecule has 532 valence electrons. The predicted octanol–water partition coefficient (Wildman–Crippen LogP) is 16.2. The van der Waals surface area contributed by atoms with E-state index in [1.807, 2.05) is 78.9 Å². The lowest BCUT2D eigenvalue weighted by Gasteiger charge is -2.22. The fourth-order valence-electron chi connectivity index (χ4n) is 13.5. The van der Waals surface area contributed by atoms with Gasteiger partial charge in [0.25, 0.3) is 0 Å². The third-order valence-electron chi connectivity index (χ3n) is 19.1. The highest BCUT2D eigenvalue weighted by atomic mass is 32.2. The van der Waals surface area contributed by atoms with Crippen molar-refractivity contribution in [2.75, 3.05) is 17.3 Å². The Morgan fingerprint density at radius 3 is 1.76 bits per heavy atom. The third kappa shape index (κ3) is 17.7. The van der Waals surface area contributed by atoms with Gasteiger partial charge in [-0.2, -0.15) is 0 Å². The first-order valence-corrected chi connectivity index (χ1v) is 39.4. The summed E-state index contributed by atoms with van der Waals surface area (Å²) in [5.41, 5.74) is 10.9. The van der Waals surface area contributed by atoms with Gasteiger partial charge in [0.05, 0.1) is 42.9 Å². The number of ketones is 1. The number of carbonyl (C=O) groups excluding carboxylic acids is 2. The van der Waals surface area contributed by atoms with Crippen LogP contribution in [0.3, 0.4) is 0 Å². The van der Waals surface area contributed by atoms with E-state index < -0.39 is 0 Å². The fraction of sp³-hybridized carbons (Fsp3) is 0.309. The van der Waals surface area contributed by atoms with Crippen LogP contribution < -0.4 is 19.5 Å². The molecule has 7 aromatic carbocycles. The lowest BCUT2D eigenvalue weighted by molar-refractivity contribution is -0.119. The highest BCUT2D eigenvalue weighted by Crippen LogP contribution is 2.44. The maximum absolute atomic E-state index is 13.9. The van der Waals surface area contributed by atoms with Gasteiger partial charge in [0.2, 0.25) is 5.91 Å². The number of thioether (sulfide) groups is 4. The van der Waals surface area contributed by atoms with E-state index in [0.717, 1.165) is 145 Å². The number of aryl methyl sites for hydroxylation is 3. The molecule has 2 fully saturated rings. The first-order valence-electron chi connectivity index (χ1n) is 35.5. The van der Waals surface area contributed by atoms with E-state index in [0.29, 0.717) is 54.4 Å². The number of furan rings is 1. The van der Waals surface area contributed by atoms with Crippen molar-refractivity contribution in [2.45, 2.75) is 162 Å². The molecular formula is C81H83N13O6S4. The van der Waals surface area contributed by atoms with Gasteiger partial charge in [0.1, 0.15) is 54.4 Å². The van der Waals surface area contributed by atoms with Gasteiger partial charge in [-0.25, -0.2) is 0 Å². The second-order valence-corrected chi connectivity index (χ2v) is 30.5. The zero-order chi connectivity index (χ0) is 71.1. The molecule has 5 heterocycles. The molecule has 14 rings (SSSR count). The number of aromatic nitrogens is 12. The van der Waals surface area contributed by atoms with E-state index in [9.17, 15) is 9.59 Å². The van der Waals surface area contributed by atoms with Crippen LogP contribution in [0.2, 0.25) is 0 Å². The number of carbonyl (C=O) groups is 2. The van der Waals surface area contributed by atoms with Crippen LogP contribution in [0.25, 0.3) is 11.1 Å². The van der Waals surface area contributed by atoms with Gasteiger partial charge < -0.3 is 23.9 Å². The van der Waals surface area contributed by atoms with Crippen LogP contribution in [0.1, 0.15) is 138 Å². The molecule has 3 unspecified atom stereocenters. The molecular weight excluding hydrogens is 1380 g/mol. The van der Waals surface area contributed by atoms with Gasteiger partial charge in [-0.3, -0.25) is 27.9 Å². The SMILES string of the molecule is CCc1ccc(OCc2nnc(SC3C(=O)CCC3c3ccc(OCc4nnc(SCCSc5nnc(COc6ccc(-c7cccc(Cc8nnc(SCC(=O)NC9CCCC9)n8Cc8ccco8)c7)cc6C)n5Cc5ccccc5)n4Cc4ccccc4)c(C)c3)n2C(C)c2ccccc2)cc1. The highest BCUT2D eigenvalue weighted by Gasteiger charge is 2.39. The third-order valence-corrected chi connectivity index (χ3v) is 23.6. The minimum Gasteiger partial charge on any atom is -0.486 e. The van der Waals surface area contributed by atoms with E-state index in [1.54, 1.807) is 29.8 Å². The number of benzene rings is 7. The van der Waals surface area contributed by atoms with Crippen LogP contribution in [0.5, 0.6) is 17.2 Å². The number of nitrogens with one attached hydrogen (secondary N) is 1. The quantitative estimate of drug-likeness (QED) is 0.0299. The van der Waals surface area contributed by atoms with Crippen molar-refractivity contribution < 1.29 is 28.2 Å². The molecule has 2 aliphatic carbocycles. The molecule has 2 aliphatic rings. The predicted molar refractivity (Wildman–Crippen MR) is 408 cm³/mol. The molecule has 0 spiro atoms. The topological polar surface area (TPSA) is 210 Å². The van der Waals surface area contributed by atoms with Crippen molar-refractivity contribution >= 4 is 58.7 Å². The Kier molecular flexibility index (Phi) is 23.5. The van der Waals surface area contributed by atoms with E-state index in [4.69, 9.17) is 44.1 Å². The molecule has 0 saturated heterocycles. The van der Waals surface area contributed by atoms with Crippen LogP contribution in [0.4, 0.5) is 0 Å². The molecule has 0 aliphatic heterocycles. The lowest BCUT2D eigenvalue weighted by atomic mass is 9.95. The average Bonchev–Trinajstić information content (AvgIpc) is 1.63. The normalized spacial score (nSPS) is 14.9. The first-order chi connectivity index (χ1) is 51.0.